The molecule has 0 bridgehead atoms. The molecule has 0 aliphatic heterocycles. The Morgan fingerprint density at radius 2 is 1.90 bits per heavy atom. The second-order valence-corrected chi connectivity index (χ2v) is 5.19. The Kier molecular flexibility index (Phi) is 7.04. The van der Waals surface area contributed by atoms with Gasteiger partial charge in [0.25, 0.3) is 0 Å². The van der Waals surface area contributed by atoms with Crippen LogP contribution in [0, 0.1) is 6.92 Å². The number of rotatable bonds is 4. The fraction of sp³-hybridized carbons (Fsp3) is 0.133. The smallest absolute Gasteiger partial charge is 1.00 e. The molecule has 21 heavy (non-hydrogen) atoms. The Balaban J connectivity index is 0.00000220. The Bertz CT molecular complexity index is 668. The SMILES string of the molecule is Cc1ccc(Cl)c(Nc2ccccc2CC(=O)O)c1Cl.[H-].[Na+]. The number of carboxylic acid groups (broad SMARTS) is 1. The molecule has 0 aliphatic rings. The summed E-state index contributed by atoms with van der Waals surface area (Å²) in [5.74, 6) is -0.888. The molecule has 2 N–H and O–H groups in total. The number of anilines is 2. The van der Waals surface area contributed by atoms with E-state index in [9.17, 15) is 4.79 Å². The first-order chi connectivity index (χ1) is 9.49. The van der Waals surface area contributed by atoms with Crippen LogP contribution in [0.4, 0.5) is 11.4 Å². The van der Waals surface area contributed by atoms with Crippen LogP contribution < -0.4 is 34.9 Å². The van der Waals surface area contributed by atoms with E-state index in [1.54, 1.807) is 24.3 Å². The van der Waals surface area contributed by atoms with Gasteiger partial charge in [0.2, 0.25) is 0 Å². The second-order valence-electron chi connectivity index (χ2n) is 4.41. The number of aryl methyl sites for hydroxylation is 1. The average Bonchev–Trinajstić information content (AvgIpc) is 2.40. The summed E-state index contributed by atoms with van der Waals surface area (Å²) in [4.78, 5) is 10.9. The van der Waals surface area contributed by atoms with Gasteiger partial charge in [-0.25, -0.2) is 0 Å². The number of halogens is 2. The number of para-hydroxylation sites is 1. The van der Waals surface area contributed by atoms with Crippen LogP contribution in [0.1, 0.15) is 12.6 Å². The van der Waals surface area contributed by atoms with E-state index in [1.165, 1.54) is 0 Å². The second kappa shape index (κ2) is 8.06. The zero-order chi connectivity index (χ0) is 14.7. The van der Waals surface area contributed by atoms with E-state index < -0.39 is 5.97 Å². The van der Waals surface area contributed by atoms with Crippen molar-refractivity contribution in [1.29, 1.82) is 0 Å². The third kappa shape index (κ3) is 4.63. The minimum atomic E-state index is -0.888. The van der Waals surface area contributed by atoms with Gasteiger partial charge in [-0.15, -0.1) is 0 Å². The molecular formula is C15H14Cl2NNaO2. The first-order valence-electron chi connectivity index (χ1n) is 6.00. The van der Waals surface area contributed by atoms with E-state index >= 15 is 0 Å². The van der Waals surface area contributed by atoms with E-state index in [-0.39, 0.29) is 37.4 Å². The topological polar surface area (TPSA) is 49.3 Å². The molecule has 106 valence electrons. The van der Waals surface area contributed by atoms with Crippen LogP contribution >= 0.6 is 23.2 Å². The van der Waals surface area contributed by atoms with Gasteiger partial charge in [0.1, 0.15) is 0 Å². The number of benzene rings is 2. The van der Waals surface area contributed by atoms with E-state index in [2.05, 4.69) is 5.32 Å². The number of aliphatic carboxylic acids is 1. The molecule has 2 aromatic carbocycles. The van der Waals surface area contributed by atoms with Gasteiger partial charge in [0.05, 0.1) is 22.2 Å². The summed E-state index contributed by atoms with van der Waals surface area (Å²) in [6.07, 6.45) is -0.0653. The molecule has 2 aromatic rings. The van der Waals surface area contributed by atoms with Gasteiger partial charge in [0, 0.05) is 5.69 Å². The van der Waals surface area contributed by atoms with Gasteiger partial charge in [-0.1, -0.05) is 47.5 Å². The van der Waals surface area contributed by atoms with Crippen molar-refractivity contribution in [2.75, 3.05) is 5.32 Å². The Hall–Kier alpha value is -0.710. The summed E-state index contributed by atoms with van der Waals surface area (Å²) in [5, 5.41) is 13.1. The van der Waals surface area contributed by atoms with Crippen LogP contribution in [-0.2, 0) is 11.2 Å². The van der Waals surface area contributed by atoms with Crippen molar-refractivity contribution in [3.63, 3.8) is 0 Å². The van der Waals surface area contributed by atoms with Crippen LogP contribution in [0.5, 0.6) is 0 Å². The molecule has 0 radical (unpaired) electrons. The van der Waals surface area contributed by atoms with Crippen molar-refractivity contribution in [3.05, 3.63) is 57.6 Å². The van der Waals surface area contributed by atoms with Crippen molar-refractivity contribution >= 4 is 40.5 Å². The molecule has 0 aromatic heterocycles. The van der Waals surface area contributed by atoms with Gasteiger partial charge in [-0.05, 0) is 30.2 Å². The van der Waals surface area contributed by atoms with Crippen LogP contribution in [-0.4, -0.2) is 11.1 Å². The Morgan fingerprint density at radius 1 is 1.24 bits per heavy atom. The number of hydrogen-bond acceptors (Lipinski definition) is 2. The molecule has 0 saturated heterocycles. The maximum absolute atomic E-state index is 10.9. The maximum Gasteiger partial charge on any atom is 1.00 e. The third-order valence-corrected chi connectivity index (χ3v) is 3.70. The molecule has 3 nitrogen and oxygen atoms in total. The average molecular weight is 334 g/mol. The van der Waals surface area contributed by atoms with Crippen molar-refractivity contribution in [2.45, 2.75) is 13.3 Å². The Labute approximate surface area is 157 Å². The molecule has 0 spiro atoms. The molecule has 0 unspecified atom stereocenters. The van der Waals surface area contributed by atoms with E-state index in [4.69, 9.17) is 28.3 Å². The first kappa shape index (κ1) is 18.3. The number of nitrogens with one attached hydrogen (secondary N) is 1. The quantitative estimate of drug-likeness (QED) is 0.839. The van der Waals surface area contributed by atoms with Crippen molar-refractivity contribution in [1.82, 2.24) is 0 Å². The molecule has 0 amide bonds. The molecule has 0 fully saturated rings. The van der Waals surface area contributed by atoms with E-state index in [0.29, 0.717) is 27.0 Å². The molecule has 0 saturated carbocycles. The number of carbonyl (C=O) groups is 1. The first-order valence-corrected chi connectivity index (χ1v) is 6.76. The van der Waals surface area contributed by atoms with Crippen molar-refractivity contribution in [2.24, 2.45) is 0 Å². The molecule has 0 atom stereocenters. The summed E-state index contributed by atoms with van der Waals surface area (Å²) in [5.41, 5.74) is 2.85. The zero-order valence-electron chi connectivity index (χ0n) is 12.8. The Morgan fingerprint density at radius 3 is 2.57 bits per heavy atom. The summed E-state index contributed by atoms with van der Waals surface area (Å²) in [6, 6.07) is 10.8. The fourth-order valence-corrected chi connectivity index (χ4v) is 2.33. The van der Waals surface area contributed by atoms with Gasteiger partial charge in [0.15, 0.2) is 0 Å². The van der Waals surface area contributed by atoms with Gasteiger partial charge in [-0.3, -0.25) is 4.79 Å². The summed E-state index contributed by atoms with van der Waals surface area (Å²) in [6.45, 7) is 1.88. The molecular weight excluding hydrogens is 320 g/mol. The number of hydrogen-bond donors (Lipinski definition) is 2. The summed E-state index contributed by atoms with van der Waals surface area (Å²) < 4.78 is 0. The van der Waals surface area contributed by atoms with Crippen LogP contribution in [0.3, 0.4) is 0 Å². The van der Waals surface area contributed by atoms with E-state index in [0.717, 1.165) is 5.56 Å². The molecule has 2 rings (SSSR count). The maximum atomic E-state index is 10.9. The van der Waals surface area contributed by atoms with Crippen molar-refractivity contribution < 1.29 is 40.9 Å². The fourth-order valence-electron chi connectivity index (χ4n) is 1.87. The predicted molar refractivity (Wildman–Crippen MR) is 83.4 cm³/mol. The van der Waals surface area contributed by atoms with Crippen molar-refractivity contribution in [3.8, 4) is 0 Å². The summed E-state index contributed by atoms with van der Waals surface area (Å²) in [7, 11) is 0. The van der Waals surface area contributed by atoms with Crippen LogP contribution in [0.25, 0.3) is 0 Å². The standard InChI is InChI=1S/C15H13Cl2NO2.Na.H/c1-9-6-7-11(16)15(14(9)17)18-12-5-3-2-4-10(12)8-13(19)20;;/h2-7,18H,8H2,1H3,(H,19,20);;/q;+1;-1. The third-order valence-electron chi connectivity index (χ3n) is 2.90. The predicted octanol–water partition coefficient (Wildman–Crippen LogP) is 1.79. The normalized spacial score (nSPS) is 9.86. The van der Waals surface area contributed by atoms with E-state index in [1.807, 2.05) is 19.1 Å². The number of carboxylic acids is 1. The molecule has 0 heterocycles. The summed E-state index contributed by atoms with van der Waals surface area (Å²) >= 11 is 12.4. The van der Waals surface area contributed by atoms with Gasteiger partial charge >= 0.3 is 35.5 Å². The van der Waals surface area contributed by atoms with Crippen LogP contribution in [0.2, 0.25) is 10.0 Å². The minimum Gasteiger partial charge on any atom is -1.00 e. The monoisotopic (exact) mass is 333 g/mol. The zero-order valence-corrected chi connectivity index (χ0v) is 15.3. The molecule has 6 heteroatoms. The van der Waals surface area contributed by atoms with Crippen LogP contribution in [0.15, 0.2) is 36.4 Å². The molecule has 0 aliphatic carbocycles. The largest absolute Gasteiger partial charge is 1.00 e. The van der Waals surface area contributed by atoms with Gasteiger partial charge in [-0.2, -0.15) is 0 Å². The minimum absolute atomic E-state index is 0. The van der Waals surface area contributed by atoms with Gasteiger partial charge < -0.3 is 11.8 Å².